The fourth-order valence-electron chi connectivity index (χ4n) is 6.90. The zero-order valence-corrected chi connectivity index (χ0v) is 31.5. The average Bonchev–Trinajstić information content (AvgIpc) is 3.76. The number of nitrogens with one attached hydrogen (secondary N) is 4. The van der Waals surface area contributed by atoms with Crippen LogP contribution in [0.5, 0.6) is 0 Å². The SMILES string of the molecule is CC(=O)NC1C(O)CC(OP(=O)([O-])OC[C@H]2O[C@@H](n3ccc(N)nc3=O)C(O)[C@H]2O)(C(=O)O)OC1C(O)C(O)CNC(=O)CCCC[C@@H]1SC[C@@H]2NC(=O)N[C@@H]21. The second-order valence-corrected chi connectivity index (χ2v) is 16.4. The van der Waals surface area contributed by atoms with Gasteiger partial charge in [-0.25, -0.2) is 14.4 Å². The molecule has 314 valence electrons. The summed E-state index contributed by atoms with van der Waals surface area (Å²) < 4.78 is 34.2. The molecule has 4 aliphatic rings. The summed E-state index contributed by atoms with van der Waals surface area (Å²) in [6, 6.07) is -0.574. The molecule has 4 fully saturated rings. The van der Waals surface area contributed by atoms with Crippen molar-refractivity contribution in [2.75, 3.05) is 24.6 Å². The van der Waals surface area contributed by atoms with E-state index < -0.39 is 112 Å². The number of carboxylic acids is 1. The van der Waals surface area contributed by atoms with Gasteiger partial charge in [0.1, 0.15) is 36.3 Å². The lowest BCUT2D eigenvalue weighted by molar-refractivity contribution is -0.313. The number of anilines is 1. The first-order chi connectivity index (χ1) is 26.3. The van der Waals surface area contributed by atoms with Crippen molar-refractivity contribution in [1.82, 2.24) is 30.8 Å². The topological polar surface area (TPSA) is 376 Å². The number of carbonyl (C=O) groups is 4. The summed E-state index contributed by atoms with van der Waals surface area (Å²) in [5.41, 5.74) is 4.48. The fourth-order valence-corrected chi connectivity index (χ4v) is 9.38. The summed E-state index contributed by atoms with van der Waals surface area (Å²) in [5.74, 6) is -6.13. The molecule has 0 bridgehead atoms. The number of carboxylic acid groups (broad SMARTS) is 1. The molecule has 1 aromatic heterocycles. The Labute approximate surface area is 322 Å². The number of rotatable bonds is 17. The Morgan fingerprint density at radius 2 is 1.95 bits per heavy atom. The highest BCUT2D eigenvalue weighted by molar-refractivity contribution is 8.00. The molecule has 56 heavy (non-hydrogen) atoms. The van der Waals surface area contributed by atoms with Crippen molar-refractivity contribution < 1.29 is 77.8 Å². The minimum atomic E-state index is -5.84. The summed E-state index contributed by atoms with van der Waals surface area (Å²) in [6.07, 6.45) is -13.1. The molecule has 0 aliphatic carbocycles. The zero-order chi connectivity index (χ0) is 41.1. The number of hydrogen-bond acceptors (Lipinski definition) is 19. The van der Waals surface area contributed by atoms with Crippen LogP contribution in [0.25, 0.3) is 0 Å². The summed E-state index contributed by atoms with van der Waals surface area (Å²) in [4.78, 5) is 77.4. The number of thioether (sulfide) groups is 1. The maximum absolute atomic E-state index is 13.0. The first-order valence-electron chi connectivity index (χ1n) is 17.5. The van der Waals surface area contributed by atoms with Gasteiger partial charge in [-0.3, -0.25) is 23.2 Å². The van der Waals surface area contributed by atoms with Gasteiger partial charge in [-0.15, -0.1) is 0 Å². The van der Waals surface area contributed by atoms with E-state index in [2.05, 4.69) is 26.3 Å². The van der Waals surface area contributed by atoms with Gasteiger partial charge in [0.25, 0.3) is 13.6 Å². The van der Waals surface area contributed by atoms with E-state index in [0.717, 1.165) is 29.9 Å². The van der Waals surface area contributed by atoms with Crippen LogP contribution < -0.4 is 37.6 Å². The molecule has 26 heteroatoms. The number of urea groups is 1. The lowest BCUT2D eigenvalue weighted by Gasteiger charge is -2.47. The number of hydrogen-bond donors (Lipinski definition) is 11. The number of unbranched alkanes of at least 4 members (excludes halogenated alkanes) is 1. The van der Waals surface area contributed by atoms with Gasteiger partial charge in [-0.2, -0.15) is 16.7 Å². The Bertz CT molecular complexity index is 1730. The maximum Gasteiger partial charge on any atom is 0.364 e. The normalized spacial score (nSPS) is 34.7. The second kappa shape index (κ2) is 18.0. The Morgan fingerprint density at radius 1 is 1.21 bits per heavy atom. The van der Waals surface area contributed by atoms with E-state index in [1.165, 1.54) is 6.07 Å². The summed E-state index contributed by atoms with van der Waals surface area (Å²) >= 11 is 1.73. The predicted molar refractivity (Wildman–Crippen MR) is 186 cm³/mol. The molecule has 4 aliphatic heterocycles. The monoisotopic (exact) mass is 838 g/mol. The Hall–Kier alpha value is -3.46. The number of nitrogen functional groups attached to an aromatic ring is 1. The lowest BCUT2D eigenvalue weighted by atomic mass is 9.88. The van der Waals surface area contributed by atoms with Crippen LogP contribution in [-0.2, 0) is 37.5 Å². The number of aliphatic carboxylic acids is 1. The van der Waals surface area contributed by atoms with Gasteiger partial charge >= 0.3 is 17.7 Å². The molecule has 8 unspecified atom stereocenters. The fraction of sp³-hybridized carbons (Fsp3) is 0.733. The number of carbonyl (C=O) groups excluding carboxylic acids is 3. The van der Waals surface area contributed by atoms with Crippen LogP contribution in [-0.4, -0.2) is 155 Å². The minimum absolute atomic E-state index is 0.00995. The average molecular weight is 839 g/mol. The third-order valence-corrected chi connectivity index (χ3v) is 12.2. The van der Waals surface area contributed by atoms with Crippen LogP contribution in [0, 0.1) is 0 Å². The molecule has 5 rings (SSSR count). The highest BCUT2D eigenvalue weighted by atomic mass is 32.2. The summed E-state index contributed by atoms with van der Waals surface area (Å²) in [5, 5.41) is 74.5. The number of aliphatic hydroxyl groups excluding tert-OH is 5. The molecule has 1 aromatic rings. The zero-order valence-electron chi connectivity index (χ0n) is 29.7. The summed E-state index contributed by atoms with van der Waals surface area (Å²) in [7, 11) is -5.84. The third kappa shape index (κ3) is 10.2. The summed E-state index contributed by atoms with van der Waals surface area (Å²) in [6.45, 7) is -0.685. The van der Waals surface area contributed by atoms with Crippen molar-refractivity contribution in [3.05, 3.63) is 22.7 Å². The van der Waals surface area contributed by atoms with E-state index in [4.69, 9.17) is 24.3 Å². The molecule has 12 N–H and O–H groups in total. The van der Waals surface area contributed by atoms with Crippen LogP contribution in [0.3, 0.4) is 0 Å². The van der Waals surface area contributed by atoms with Crippen molar-refractivity contribution in [3.63, 3.8) is 0 Å². The van der Waals surface area contributed by atoms with Crippen molar-refractivity contribution in [2.24, 2.45) is 0 Å². The highest BCUT2D eigenvalue weighted by Crippen LogP contribution is 2.48. The van der Waals surface area contributed by atoms with Crippen molar-refractivity contribution in [1.29, 1.82) is 0 Å². The number of nitrogens with two attached hydrogens (primary N) is 1. The lowest BCUT2D eigenvalue weighted by Crippen LogP contribution is -2.68. The van der Waals surface area contributed by atoms with E-state index in [0.29, 0.717) is 12.8 Å². The van der Waals surface area contributed by atoms with Crippen LogP contribution in [0.15, 0.2) is 17.1 Å². The van der Waals surface area contributed by atoms with Gasteiger partial charge in [0.05, 0.1) is 36.9 Å². The quantitative estimate of drug-likeness (QED) is 0.0397. The van der Waals surface area contributed by atoms with Crippen LogP contribution >= 0.6 is 19.6 Å². The first kappa shape index (κ1) is 43.7. The standard InChI is InChI=1S/C30H46N7O17PS/c1-12(38)33-21-14(39)8-30(27(45)46,54-55(49,50)51-10-16-23(43)24(44)26(52-16)37-7-6-18(31)35-29(37)48)53-25(21)22(42)15(40)9-32-19(41)5-3-2-4-17-20-13(11-56-17)34-28(47)36-20/h6-7,13-17,20-26,39-40,42-44H,2-5,8-11H2,1H3,(H,32,41)(H,33,38)(H,45,46)(H,49,50)(H2,31,35,48)(H2,34,36,47)/p-1/t13-,14?,15?,16+,17-,20-,21?,22?,23-,24?,25?,26+,30?/m0/s1. The van der Waals surface area contributed by atoms with Crippen molar-refractivity contribution in [2.45, 2.75) is 117 Å². The minimum Gasteiger partial charge on any atom is -0.756 e. The molecule has 4 amide bonds. The van der Waals surface area contributed by atoms with E-state index in [9.17, 15) is 64.1 Å². The van der Waals surface area contributed by atoms with Crippen molar-refractivity contribution >= 4 is 49.2 Å². The molecule has 5 heterocycles. The van der Waals surface area contributed by atoms with Crippen LogP contribution in [0.2, 0.25) is 0 Å². The van der Waals surface area contributed by atoms with Gasteiger partial charge < -0.3 is 76.5 Å². The number of phosphoric ester groups is 1. The number of amides is 4. The van der Waals surface area contributed by atoms with E-state index >= 15 is 0 Å². The van der Waals surface area contributed by atoms with Gasteiger partial charge in [0.15, 0.2) is 6.23 Å². The van der Waals surface area contributed by atoms with Gasteiger partial charge in [-0.05, 0) is 18.9 Å². The molecular formula is C30H45N7O17PS-. The smallest absolute Gasteiger partial charge is 0.364 e. The first-order valence-corrected chi connectivity index (χ1v) is 20.0. The second-order valence-electron chi connectivity index (χ2n) is 13.8. The van der Waals surface area contributed by atoms with E-state index in [1.54, 1.807) is 11.8 Å². The highest BCUT2D eigenvalue weighted by Gasteiger charge is 2.57. The van der Waals surface area contributed by atoms with Crippen LogP contribution in [0.4, 0.5) is 10.6 Å². The maximum atomic E-state index is 13.0. The number of aliphatic hydroxyl groups is 5. The number of nitrogens with zero attached hydrogens (tertiary/aromatic N) is 2. The molecule has 0 radical (unpaired) electrons. The Morgan fingerprint density at radius 3 is 2.62 bits per heavy atom. The van der Waals surface area contributed by atoms with E-state index in [-0.39, 0.29) is 35.6 Å². The van der Waals surface area contributed by atoms with Crippen LogP contribution in [0.1, 0.15) is 45.3 Å². The molecule has 0 saturated carbocycles. The molecule has 0 spiro atoms. The van der Waals surface area contributed by atoms with Gasteiger partial charge in [0, 0.05) is 43.5 Å². The Kier molecular flexibility index (Phi) is 14.0. The third-order valence-electron chi connectivity index (χ3n) is 9.71. The van der Waals surface area contributed by atoms with Crippen molar-refractivity contribution in [3.8, 4) is 0 Å². The van der Waals surface area contributed by atoms with Gasteiger partial charge in [-0.1, -0.05) is 6.42 Å². The molecule has 14 atom stereocenters. The molecule has 4 saturated heterocycles. The number of fused-ring (bicyclic) bond motifs is 1. The Balaban J connectivity index is 1.18. The van der Waals surface area contributed by atoms with Gasteiger partial charge in [0.2, 0.25) is 11.8 Å². The number of phosphoric acid groups is 1. The number of aromatic nitrogens is 2. The molecular weight excluding hydrogens is 793 g/mol. The predicted octanol–water partition coefficient (Wildman–Crippen LogP) is -5.05. The molecule has 0 aromatic carbocycles. The van der Waals surface area contributed by atoms with E-state index in [1.807, 2.05) is 0 Å². The largest absolute Gasteiger partial charge is 0.756 e. The molecule has 24 nitrogen and oxygen atoms in total. The number of ether oxygens (including phenoxy) is 2.